The van der Waals surface area contributed by atoms with Crippen molar-refractivity contribution in [1.82, 2.24) is 0 Å². The van der Waals surface area contributed by atoms with Gasteiger partial charge in [0.1, 0.15) is 0 Å². The van der Waals surface area contributed by atoms with E-state index in [1.807, 2.05) is 0 Å². The first-order chi connectivity index (χ1) is 3.00. The fourth-order valence-corrected chi connectivity index (χ4v) is 0.687. The van der Waals surface area contributed by atoms with E-state index in [9.17, 15) is 0 Å². The van der Waals surface area contributed by atoms with E-state index >= 15 is 0 Å². The Balaban J connectivity index is 0.000000360. The van der Waals surface area contributed by atoms with Crippen LogP contribution in [0.25, 0.3) is 0 Å². The van der Waals surface area contributed by atoms with E-state index in [-0.39, 0.29) is 13.5 Å². The molecule has 1 rings (SSSR count). The standard InChI is InChI=1S/C5H10O.H2S/c1-2-4-6-5-3-1;/h1-5H2;1H2. The average molecular weight is 120 g/mol. The molecule has 1 aliphatic rings. The first kappa shape index (κ1) is 7.31. The summed E-state index contributed by atoms with van der Waals surface area (Å²) in [5.41, 5.74) is 0. The van der Waals surface area contributed by atoms with Crippen LogP contribution in [0.3, 0.4) is 0 Å². The Labute approximate surface area is 51.5 Å². The molecule has 0 unspecified atom stereocenters. The normalized spacial score (nSPS) is 20.6. The van der Waals surface area contributed by atoms with E-state index in [0.717, 1.165) is 13.2 Å². The summed E-state index contributed by atoms with van der Waals surface area (Å²) in [5, 5.41) is 0. The zero-order chi connectivity index (χ0) is 4.24. The van der Waals surface area contributed by atoms with Gasteiger partial charge in [-0.3, -0.25) is 0 Å². The van der Waals surface area contributed by atoms with Crippen molar-refractivity contribution in [3.8, 4) is 0 Å². The van der Waals surface area contributed by atoms with Gasteiger partial charge >= 0.3 is 0 Å². The van der Waals surface area contributed by atoms with E-state index < -0.39 is 0 Å². The Hall–Kier alpha value is 0.310. The van der Waals surface area contributed by atoms with Crippen molar-refractivity contribution >= 4 is 13.5 Å². The van der Waals surface area contributed by atoms with Crippen molar-refractivity contribution in [3.63, 3.8) is 0 Å². The Morgan fingerprint density at radius 2 is 1.43 bits per heavy atom. The maximum Gasteiger partial charge on any atom is 0.0466 e. The van der Waals surface area contributed by atoms with Crippen molar-refractivity contribution in [2.75, 3.05) is 13.2 Å². The summed E-state index contributed by atoms with van der Waals surface area (Å²) in [6.45, 7) is 2.00. The quantitative estimate of drug-likeness (QED) is 0.468. The third-order valence-corrected chi connectivity index (χ3v) is 1.08. The lowest BCUT2D eigenvalue weighted by Crippen LogP contribution is -2.03. The third kappa shape index (κ3) is 2.94. The van der Waals surface area contributed by atoms with Gasteiger partial charge in [-0.15, -0.1) is 0 Å². The van der Waals surface area contributed by atoms with Crippen LogP contribution in [0.15, 0.2) is 0 Å². The number of ether oxygens (including phenoxy) is 1. The van der Waals surface area contributed by atoms with Crippen molar-refractivity contribution in [1.29, 1.82) is 0 Å². The van der Waals surface area contributed by atoms with Crippen LogP contribution in [-0.4, -0.2) is 13.2 Å². The van der Waals surface area contributed by atoms with Gasteiger partial charge in [0, 0.05) is 13.2 Å². The van der Waals surface area contributed by atoms with Crippen LogP contribution in [-0.2, 0) is 4.74 Å². The fraction of sp³-hybridized carbons (Fsp3) is 1.00. The molecule has 0 amide bonds. The van der Waals surface area contributed by atoms with Gasteiger partial charge in [-0.05, 0) is 19.3 Å². The molecule has 1 nitrogen and oxygen atoms in total. The molecule has 0 aromatic carbocycles. The first-order valence-electron chi connectivity index (χ1n) is 2.58. The lowest BCUT2D eigenvalue weighted by Gasteiger charge is -2.08. The van der Waals surface area contributed by atoms with Crippen molar-refractivity contribution in [2.24, 2.45) is 0 Å². The summed E-state index contributed by atoms with van der Waals surface area (Å²) in [7, 11) is 0. The molecule has 7 heavy (non-hydrogen) atoms. The Kier molecular flexibility index (Phi) is 4.67. The zero-order valence-corrected chi connectivity index (χ0v) is 5.44. The van der Waals surface area contributed by atoms with Gasteiger partial charge in [0.2, 0.25) is 0 Å². The molecular weight excluding hydrogens is 108 g/mol. The van der Waals surface area contributed by atoms with Crippen LogP contribution < -0.4 is 0 Å². The highest BCUT2D eigenvalue weighted by Crippen LogP contribution is 2.01. The van der Waals surface area contributed by atoms with Crippen LogP contribution in [0.4, 0.5) is 0 Å². The highest BCUT2D eigenvalue weighted by molar-refractivity contribution is 7.59. The largest absolute Gasteiger partial charge is 0.381 e. The van der Waals surface area contributed by atoms with Gasteiger partial charge in [0.05, 0.1) is 0 Å². The molecule has 0 aliphatic carbocycles. The molecule has 0 aromatic heterocycles. The van der Waals surface area contributed by atoms with Gasteiger partial charge in [0.25, 0.3) is 0 Å². The molecular formula is C5H12OS. The predicted octanol–water partition coefficient (Wildman–Crippen LogP) is 1.30. The van der Waals surface area contributed by atoms with E-state index in [2.05, 4.69) is 0 Å². The predicted molar refractivity (Wildman–Crippen MR) is 35.1 cm³/mol. The second-order valence-electron chi connectivity index (χ2n) is 1.67. The molecule has 0 atom stereocenters. The Morgan fingerprint density at radius 3 is 1.57 bits per heavy atom. The Morgan fingerprint density at radius 1 is 0.857 bits per heavy atom. The van der Waals surface area contributed by atoms with Crippen LogP contribution >= 0.6 is 13.5 Å². The van der Waals surface area contributed by atoms with Gasteiger partial charge in [0.15, 0.2) is 0 Å². The average Bonchev–Trinajstić information content (AvgIpc) is 1.72. The molecule has 2 heteroatoms. The lowest BCUT2D eigenvalue weighted by molar-refractivity contribution is 0.0968. The number of rotatable bonds is 0. The summed E-state index contributed by atoms with van der Waals surface area (Å²) in [6.07, 6.45) is 3.93. The molecule has 0 spiro atoms. The van der Waals surface area contributed by atoms with E-state index in [0.29, 0.717) is 0 Å². The minimum atomic E-state index is 0. The van der Waals surface area contributed by atoms with Crippen molar-refractivity contribution in [2.45, 2.75) is 19.3 Å². The molecule has 44 valence electrons. The summed E-state index contributed by atoms with van der Waals surface area (Å²) in [4.78, 5) is 0. The number of hydrogen-bond acceptors (Lipinski definition) is 1. The van der Waals surface area contributed by atoms with Gasteiger partial charge in [-0.25, -0.2) is 0 Å². The molecule has 1 saturated heterocycles. The summed E-state index contributed by atoms with van der Waals surface area (Å²) >= 11 is 0. The maximum atomic E-state index is 5.07. The molecule has 1 aliphatic heterocycles. The monoisotopic (exact) mass is 120 g/mol. The SMILES string of the molecule is C1CCOCC1.S. The van der Waals surface area contributed by atoms with Crippen molar-refractivity contribution in [3.05, 3.63) is 0 Å². The molecule has 1 fully saturated rings. The first-order valence-corrected chi connectivity index (χ1v) is 2.58. The molecule has 0 bridgehead atoms. The van der Waals surface area contributed by atoms with Crippen LogP contribution in [0.5, 0.6) is 0 Å². The minimum absolute atomic E-state index is 0. The molecule has 0 saturated carbocycles. The summed E-state index contributed by atoms with van der Waals surface area (Å²) < 4.78 is 5.07. The summed E-state index contributed by atoms with van der Waals surface area (Å²) in [6, 6.07) is 0. The lowest BCUT2D eigenvalue weighted by atomic mass is 10.2. The van der Waals surface area contributed by atoms with Crippen molar-refractivity contribution < 1.29 is 4.74 Å². The number of hydrogen-bond donors (Lipinski definition) is 0. The smallest absolute Gasteiger partial charge is 0.0466 e. The summed E-state index contributed by atoms with van der Waals surface area (Å²) in [5.74, 6) is 0. The Bertz CT molecular complexity index is 23.6. The zero-order valence-electron chi connectivity index (χ0n) is 4.44. The molecule has 0 aromatic rings. The van der Waals surface area contributed by atoms with Crippen LogP contribution in [0, 0.1) is 0 Å². The maximum absolute atomic E-state index is 5.07. The van der Waals surface area contributed by atoms with Gasteiger partial charge in [-0.1, -0.05) is 0 Å². The molecule has 0 radical (unpaired) electrons. The highest BCUT2D eigenvalue weighted by Gasteiger charge is 1.94. The van der Waals surface area contributed by atoms with Gasteiger partial charge in [-0.2, -0.15) is 13.5 Å². The van der Waals surface area contributed by atoms with E-state index in [1.54, 1.807) is 0 Å². The van der Waals surface area contributed by atoms with Crippen LogP contribution in [0.2, 0.25) is 0 Å². The third-order valence-electron chi connectivity index (χ3n) is 1.08. The van der Waals surface area contributed by atoms with E-state index in [4.69, 9.17) is 4.74 Å². The highest BCUT2D eigenvalue weighted by atomic mass is 32.1. The van der Waals surface area contributed by atoms with E-state index in [1.165, 1.54) is 19.3 Å². The van der Waals surface area contributed by atoms with Gasteiger partial charge < -0.3 is 4.74 Å². The minimum Gasteiger partial charge on any atom is -0.381 e. The van der Waals surface area contributed by atoms with Crippen LogP contribution in [0.1, 0.15) is 19.3 Å². The molecule has 1 heterocycles. The second kappa shape index (κ2) is 4.47. The second-order valence-corrected chi connectivity index (χ2v) is 1.67. The topological polar surface area (TPSA) is 9.23 Å². The molecule has 0 N–H and O–H groups in total. The fourth-order valence-electron chi connectivity index (χ4n) is 0.687.